The molecule has 0 aromatic carbocycles. The molecule has 1 fully saturated rings. The summed E-state index contributed by atoms with van der Waals surface area (Å²) >= 11 is 0. The molecule has 1 heterocycles. The Morgan fingerprint density at radius 3 is 3.27 bits per heavy atom. The van der Waals surface area contributed by atoms with Crippen LogP contribution in [-0.4, -0.2) is 24.3 Å². The molecule has 1 saturated heterocycles. The minimum atomic E-state index is -0.751. The van der Waals surface area contributed by atoms with Crippen LogP contribution in [0.1, 0.15) is 6.42 Å². The number of rotatable bonds is 1. The first kappa shape index (κ1) is 7.00. The summed E-state index contributed by atoms with van der Waals surface area (Å²) in [7, 11) is 0. The molecular weight excluding hydrogens is 144 g/mol. The van der Waals surface area contributed by atoms with Crippen LogP contribution in [0.4, 0.5) is 0 Å². The van der Waals surface area contributed by atoms with Crippen LogP contribution >= 0.6 is 0 Å². The van der Waals surface area contributed by atoms with E-state index in [4.69, 9.17) is 4.74 Å². The fraction of sp³-hybridized carbons (Fsp3) is 0.625. The van der Waals surface area contributed by atoms with Crippen LogP contribution in [0.3, 0.4) is 0 Å². The van der Waals surface area contributed by atoms with Gasteiger partial charge in [-0.1, -0.05) is 6.08 Å². The van der Waals surface area contributed by atoms with Gasteiger partial charge < -0.3 is 9.84 Å². The maximum atomic E-state index is 10.5. The van der Waals surface area contributed by atoms with E-state index < -0.39 is 6.29 Å². The van der Waals surface area contributed by atoms with Crippen LogP contribution in [0.2, 0.25) is 0 Å². The monoisotopic (exact) mass is 154 g/mol. The third-order valence-electron chi connectivity index (χ3n) is 2.47. The lowest BCUT2D eigenvalue weighted by molar-refractivity contribution is -0.108. The van der Waals surface area contributed by atoms with E-state index in [0.29, 0.717) is 18.1 Å². The van der Waals surface area contributed by atoms with Crippen LogP contribution in [-0.2, 0) is 9.53 Å². The summed E-state index contributed by atoms with van der Waals surface area (Å²) in [5.74, 6) is 0.290. The van der Waals surface area contributed by atoms with Crippen molar-refractivity contribution in [2.24, 2.45) is 11.8 Å². The van der Waals surface area contributed by atoms with E-state index in [2.05, 4.69) is 0 Å². The second-order valence-electron chi connectivity index (χ2n) is 3.07. The highest BCUT2D eigenvalue weighted by atomic mass is 16.6. The van der Waals surface area contributed by atoms with Gasteiger partial charge in [0.15, 0.2) is 6.29 Å². The minimum Gasteiger partial charge on any atom is -0.367 e. The van der Waals surface area contributed by atoms with E-state index in [9.17, 15) is 9.90 Å². The zero-order valence-corrected chi connectivity index (χ0v) is 6.06. The number of ether oxygens (including phenoxy) is 1. The smallest absolute Gasteiger partial charge is 0.161 e. The summed E-state index contributed by atoms with van der Waals surface area (Å²) < 4.78 is 5.01. The Hall–Kier alpha value is -0.670. The fourth-order valence-corrected chi connectivity index (χ4v) is 1.86. The zero-order chi connectivity index (χ0) is 7.84. The third kappa shape index (κ3) is 0.921. The van der Waals surface area contributed by atoms with Crippen LogP contribution in [0.25, 0.3) is 0 Å². The minimum absolute atomic E-state index is 0.0486. The van der Waals surface area contributed by atoms with Gasteiger partial charge in [-0.15, -0.1) is 0 Å². The molecule has 11 heavy (non-hydrogen) atoms. The topological polar surface area (TPSA) is 46.5 Å². The summed E-state index contributed by atoms with van der Waals surface area (Å²) in [4.78, 5) is 10.5. The van der Waals surface area contributed by atoms with Gasteiger partial charge >= 0.3 is 0 Å². The molecule has 1 aliphatic heterocycles. The number of aliphatic hydroxyl groups is 1. The summed E-state index contributed by atoms with van der Waals surface area (Å²) in [6.07, 6.45) is 2.84. The first-order chi connectivity index (χ1) is 5.33. The van der Waals surface area contributed by atoms with Gasteiger partial charge in [0, 0.05) is 5.92 Å². The first-order valence-corrected chi connectivity index (χ1v) is 3.78. The van der Waals surface area contributed by atoms with E-state index >= 15 is 0 Å². The normalized spacial score (nSPS) is 41.9. The quantitative estimate of drug-likeness (QED) is 0.545. The van der Waals surface area contributed by atoms with Gasteiger partial charge in [0.2, 0.25) is 0 Å². The highest BCUT2D eigenvalue weighted by Crippen LogP contribution is 2.38. The Morgan fingerprint density at radius 1 is 1.73 bits per heavy atom. The molecule has 0 aromatic rings. The average Bonchev–Trinajstić information content (AvgIpc) is 2.54. The Balaban J connectivity index is 2.21. The van der Waals surface area contributed by atoms with Crippen molar-refractivity contribution in [3.8, 4) is 0 Å². The maximum Gasteiger partial charge on any atom is 0.161 e. The van der Waals surface area contributed by atoms with Gasteiger partial charge in [-0.25, -0.2) is 0 Å². The van der Waals surface area contributed by atoms with Gasteiger partial charge in [-0.2, -0.15) is 0 Å². The van der Waals surface area contributed by atoms with Gasteiger partial charge in [-0.05, 0) is 17.9 Å². The van der Waals surface area contributed by atoms with Crippen molar-refractivity contribution in [3.63, 3.8) is 0 Å². The van der Waals surface area contributed by atoms with E-state index in [1.165, 1.54) is 0 Å². The van der Waals surface area contributed by atoms with Crippen molar-refractivity contribution in [1.82, 2.24) is 0 Å². The molecule has 3 nitrogen and oxygen atoms in total. The molecule has 0 radical (unpaired) electrons. The predicted octanol–water partition coefficient (Wildman–Crippen LogP) is 0.0964. The van der Waals surface area contributed by atoms with Gasteiger partial charge in [0.25, 0.3) is 0 Å². The molecule has 0 bridgehead atoms. The second kappa shape index (κ2) is 2.43. The SMILES string of the molecule is O=CC1=CCC2COC(O)C12. The molecule has 3 heteroatoms. The van der Waals surface area contributed by atoms with E-state index in [-0.39, 0.29) is 5.92 Å². The predicted molar refractivity (Wildman–Crippen MR) is 37.7 cm³/mol. The molecule has 3 unspecified atom stereocenters. The largest absolute Gasteiger partial charge is 0.367 e. The van der Waals surface area contributed by atoms with Crippen molar-refractivity contribution in [2.75, 3.05) is 6.61 Å². The highest BCUT2D eigenvalue weighted by Gasteiger charge is 2.41. The summed E-state index contributed by atoms with van der Waals surface area (Å²) in [6.45, 7) is 0.583. The molecule has 1 aliphatic carbocycles. The average molecular weight is 154 g/mol. The van der Waals surface area contributed by atoms with E-state index in [0.717, 1.165) is 12.7 Å². The van der Waals surface area contributed by atoms with Crippen LogP contribution in [0.5, 0.6) is 0 Å². The van der Waals surface area contributed by atoms with E-state index in [1.807, 2.05) is 6.08 Å². The summed E-state index contributed by atoms with van der Waals surface area (Å²) in [6, 6.07) is 0. The van der Waals surface area contributed by atoms with Crippen LogP contribution < -0.4 is 0 Å². The first-order valence-electron chi connectivity index (χ1n) is 3.78. The number of allylic oxidation sites excluding steroid dienone is 1. The molecule has 60 valence electrons. The molecule has 0 amide bonds. The molecule has 0 spiro atoms. The molecule has 0 aromatic heterocycles. The molecular formula is C8H10O3. The Labute approximate surface area is 64.7 Å². The molecule has 3 atom stereocenters. The second-order valence-corrected chi connectivity index (χ2v) is 3.07. The van der Waals surface area contributed by atoms with Crippen molar-refractivity contribution >= 4 is 6.29 Å². The number of hydrogen-bond acceptors (Lipinski definition) is 3. The zero-order valence-electron chi connectivity index (χ0n) is 6.06. The Kier molecular flexibility index (Phi) is 1.55. The fourth-order valence-electron chi connectivity index (χ4n) is 1.86. The van der Waals surface area contributed by atoms with E-state index in [1.54, 1.807) is 0 Å². The number of hydrogen-bond donors (Lipinski definition) is 1. The lowest BCUT2D eigenvalue weighted by Gasteiger charge is -2.11. The van der Waals surface area contributed by atoms with Crippen molar-refractivity contribution in [2.45, 2.75) is 12.7 Å². The molecule has 0 saturated carbocycles. The van der Waals surface area contributed by atoms with Gasteiger partial charge in [0.05, 0.1) is 6.61 Å². The maximum absolute atomic E-state index is 10.5. The number of carbonyl (C=O) groups is 1. The molecule has 2 rings (SSSR count). The lowest BCUT2D eigenvalue weighted by atomic mass is 9.94. The van der Waals surface area contributed by atoms with Crippen LogP contribution in [0, 0.1) is 11.8 Å². The number of fused-ring (bicyclic) bond motifs is 1. The number of aldehydes is 1. The van der Waals surface area contributed by atoms with Crippen molar-refractivity contribution in [3.05, 3.63) is 11.6 Å². The van der Waals surface area contributed by atoms with Gasteiger partial charge in [-0.3, -0.25) is 4.79 Å². The summed E-state index contributed by atoms with van der Waals surface area (Å²) in [5.41, 5.74) is 0.708. The lowest BCUT2D eigenvalue weighted by Crippen LogP contribution is -2.18. The van der Waals surface area contributed by atoms with Crippen molar-refractivity contribution < 1.29 is 14.6 Å². The highest BCUT2D eigenvalue weighted by molar-refractivity contribution is 5.75. The summed E-state index contributed by atoms with van der Waals surface area (Å²) in [5, 5.41) is 9.28. The Morgan fingerprint density at radius 2 is 2.55 bits per heavy atom. The number of aliphatic hydroxyl groups excluding tert-OH is 1. The van der Waals surface area contributed by atoms with Crippen molar-refractivity contribution in [1.29, 1.82) is 0 Å². The molecule has 2 aliphatic rings. The van der Waals surface area contributed by atoms with Crippen LogP contribution in [0.15, 0.2) is 11.6 Å². The third-order valence-corrected chi connectivity index (χ3v) is 2.47. The molecule has 1 N–H and O–H groups in total. The Bertz CT molecular complexity index is 209. The number of carbonyl (C=O) groups excluding carboxylic acids is 1. The van der Waals surface area contributed by atoms with Gasteiger partial charge in [0.1, 0.15) is 6.29 Å². The standard InChI is InChI=1S/C8H10O3/c9-3-5-1-2-6-4-11-8(10)7(5)6/h1,3,6-8,10H,2,4H2.